The van der Waals surface area contributed by atoms with E-state index in [4.69, 9.17) is 4.74 Å². The van der Waals surface area contributed by atoms with Crippen LogP contribution in [0.15, 0.2) is 4.99 Å². The Morgan fingerprint density at radius 3 is 3.00 bits per heavy atom. The van der Waals surface area contributed by atoms with Crippen LogP contribution in [0.4, 0.5) is 0 Å². The van der Waals surface area contributed by atoms with Crippen LogP contribution in [-0.4, -0.2) is 24.8 Å². The van der Waals surface area contributed by atoms with E-state index in [1.165, 1.54) is 12.8 Å². The van der Waals surface area contributed by atoms with Gasteiger partial charge in [-0.3, -0.25) is 9.79 Å². The monoisotopic (exact) mass is 155 g/mol. The number of hydrogen-bond acceptors (Lipinski definition) is 3. The Labute approximate surface area is 66.5 Å². The third kappa shape index (κ3) is 3.75. The number of hydrogen-bond donors (Lipinski definition) is 0. The Morgan fingerprint density at radius 1 is 1.73 bits per heavy atom. The molecule has 0 amide bonds. The van der Waals surface area contributed by atoms with Crippen molar-refractivity contribution in [3.8, 4) is 0 Å². The Balaban J connectivity index is 2.04. The van der Waals surface area contributed by atoms with Crippen molar-refractivity contribution >= 4 is 12.2 Å². The molecule has 1 saturated carbocycles. The zero-order valence-corrected chi connectivity index (χ0v) is 6.75. The minimum Gasteiger partial charge on any atom is -0.466 e. The predicted molar refractivity (Wildman–Crippen MR) is 42.8 cm³/mol. The minimum absolute atomic E-state index is 0.183. The summed E-state index contributed by atoms with van der Waals surface area (Å²) in [6.45, 7) is 2.26. The van der Waals surface area contributed by atoms with Gasteiger partial charge in [0, 0.05) is 12.3 Å². The first-order chi connectivity index (χ1) is 5.33. The number of esters is 1. The summed E-state index contributed by atoms with van der Waals surface area (Å²) in [6.07, 6.45) is 4.35. The molecule has 62 valence electrons. The van der Waals surface area contributed by atoms with E-state index in [0.29, 0.717) is 19.1 Å². The van der Waals surface area contributed by atoms with Crippen molar-refractivity contribution in [3.63, 3.8) is 0 Å². The summed E-state index contributed by atoms with van der Waals surface area (Å²) in [4.78, 5) is 14.9. The van der Waals surface area contributed by atoms with E-state index < -0.39 is 0 Å². The Bertz CT molecular complexity index is 161. The summed E-state index contributed by atoms with van der Waals surface area (Å²) in [5.41, 5.74) is 0. The Kier molecular flexibility index (Phi) is 3.08. The van der Waals surface area contributed by atoms with Crippen LogP contribution in [0.3, 0.4) is 0 Å². The van der Waals surface area contributed by atoms with Gasteiger partial charge in [-0.15, -0.1) is 0 Å². The lowest BCUT2D eigenvalue weighted by Crippen LogP contribution is -2.03. The lowest BCUT2D eigenvalue weighted by molar-refractivity contribution is -0.141. The second-order valence-electron chi connectivity index (χ2n) is 2.57. The number of rotatable bonds is 4. The van der Waals surface area contributed by atoms with E-state index in [1.807, 2.05) is 0 Å². The van der Waals surface area contributed by atoms with Crippen molar-refractivity contribution in [3.05, 3.63) is 0 Å². The molecule has 1 aliphatic carbocycles. The van der Waals surface area contributed by atoms with Crippen molar-refractivity contribution in [2.75, 3.05) is 6.61 Å². The van der Waals surface area contributed by atoms with Crippen LogP contribution in [0.2, 0.25) is 0 Å². The quantitative estimate of drug-likeness (QED) is 0.451. The zero-order valence-electron chi connectivity index (χ0n) is 6.75. The van der Waals surface area contributed by atoms with Crippen LogP contribution >= 0.6 is 0 Å². The van der Waals surface area contributed by atoms with Crippen molar-refractivity contribution < 1.29 is 9.53 Å². The first kappa shape index (κ1) is 8.24. The van der Waals surface area contributed by atoms with E-state index >= 15 is 0 Å². The largest absolute Gasteiger partial charge is 0.466 e. The van der Waals surface area contributed by atoms with Crippen molar-refractivity contribution in [1.82, 2.24) is 0 Å². The molecule has 0 radical (unpaired) electrons. The topological polar surface area (TPSA) is 38.7 Å². The standard InChI is InChI=1S/C8H13NO2/c1-2-11-8(10)5-6-9-7-3-4-7/h6-7H,2-5H2,1H3. The normalized spacial score (nSPS) is 17.2. The summed E-state index contributed by atoms with van der Waals surface area (Å²) in [7, 11) is 0. The maximum absolute atomic E-state index is 10.7. The first-order valence-electron chi connectivity index (χ1n) is 4.00. The fourth-order valence-electron chi connectivity index (χ4n) is 0.720. The lowest BCUT2D eigenvalue weighted by atomic mass is 10.5. The molecule has 0 aliphatic heterocycles. The highest BCUT2D eigenvalue weighted by atomic mass is 16.5. The summed E-state index contributed by atoms with van der Waals surface area (Å²) in [5, 5.41) is 0. The maximum atomic E-state index is 10.7. The van der Waals surface area contributed by atoms with E-state index in [0.717, 1.165) is 0 Å². The van der Waals surface area contributed by atoms with Gasteiger partial charge in [-0.25, -0.2) is 0 Å². The summed E-state index contributed by atoms with van der Waals surface area (Å²) in [6, 6.07) is 0.504. The lowest BCUT2D eigenvalue weighted by Gasteiger charge is -1.95. The molecule has 3 nitrogen and oxygen atoms in total. The molecule has 0 aromatic rings. The second kappa shape index (κ2) is 4.11. The molecule has 0 heterocycles. The fourth-order valence-corrected chi connectivity index (χ4v) is 0.720. The van der Waals surface area contributed by atoms with Crippen LogP contribution in [0.25, 0.3) is 0 Å². The van der Waals surface area contributed by atoms with Gasteiger partial charge in [-0.2, -0.15) is 0 Å². The van der Waals surface area contributed by atoms with Gasteiger partial charge < -0.3 is 4.74 Å². The smallest absolute Gasteiger partial charge is 0.311 e. The molecule has 1 rings (SSSR count). The number of aliphatic imine (C=N–C) groups is 1. The molecule has 0 aromatic carbocycles. The molecule has 11 heavy (non-hydrogen) atoms. The molecule has 0 bridgehead atoms. The third-order valence-electron chi connectivity index (χ3n) is 1.43. The van der Waals surface area contributed by atoms with Crippen LogP contribution in [-0.2, 0) is 9.53 Å². The molecule has 0 spiro atoms. The van der Waals surface area contributed by atoms with Crippen molar-refractivity contribution in [1.29, 1.82) is 0 Å². The number of nitrogens with zero attached hydrogens (tertiary/aromatic N) is 1. The van der Waals surface area contributed by atoms with E-state index in [9.17, 15) is 4.79 Å². The van der Waals surface area contributed by atoms with Crippen LogP contribution in [0, 0.1) is 0 Å². The predicted octanol–water partition coefficient (Wildman–Crippen LogP) is 1.17. The molecule has 0 N–H and O–H groups in total. The average molecular weight is 155 g/mol. The maximum Gasteiger partial charge on any atom is 0.311 e. The van der Waals surface area contributed by atoms with Crippen LogP contribution < -0.4 is 0 Å². The van der Waals surface area contributed by atoms with Gasteiger partial charge in [0.1, 0.15) is 0 Å². The van der Waals surface area contributed by atoms with Gasteiger partial charge in [0.15, 0.2) is 0 Å². The molecule has 0 saturated heterocycles. The van der Waals surface area contributed by atoms with E-state index in [-0.39, 0.29) is 5.97 Å². The van der Waals surface area contributed by atoms with Crippen LogP contribution in [0.5, 0.6) is 0 Å². The molecular weight excluding hydrogens is 142 g/mol. The van der Waals surface area contributed by atoms with Crippen LogP contribution in [0.1, 0.15) is 26.2 Å². The highest BCUT2D eigenvalue weighted by Crippen LogP contribution is 2.22. The van der Waals surface area contributed by atoms with Gasteiger partial charge in [0.05, 0.1) is 13.0 Å². The number of carbonyl (C=O) groups is 1. The van der Waals surface area contributed by atoms with Crippen molar-refractivity contribution in [2.45, 2.75) is 32.2 Å². The summed E-state index contributed by atoms with van der Waals surface area (Å²) < 4.78 is 4.71. The molecular formula is C8H13NO2. The Hall–Kier alpha value is -0.860. The van der Waals surface area contributed by atoms with Gasteiger partial charge >= 0.3 is 5.97 Å². The fraction of sp³-hybridized carbons (Fsp3) is 0.750. The molecule has 0 atom stereocenters. The van der Waals surface area contributed by atoms with E-state index in [2.05, 4.69) is 4.99 Å². The molecule has 0 unspecified atom stereocenters. The van der Waals surface area contributed by atoms with Gasteiger partial charge in [0.25, 0.3) is 0 Å². The number of ether oxygens (including phenoxy) is 1. The highest BCUT2D eigenvalue weighted by molar-refractivity contribution is 5.85. The molecule has 1 aliphatic rings. The van der Waals surface area contributed by atoms with E-state index in [1.54, 1.807) is 13.1 Å². The van der Waals surface area contributed by atoms with Gasteiger partial charge in [0.2, 0.25) is 0 Å². The zero-order chi connectivity index (χ0) is 8.10. The SMILES string of the molecule is CCOC(=O)CC=NC1CC1. The number of carbonyl (C=O) groups excluding carboxylic acids is 1. The minimum atomic E-state index is -0.183. The molecule has 1 fully saturated rings. The van der Waals surface area contributed by atoms with Gasteiger partial charge in [-0.05, 0) is 19.8 Å². The summed E-state index contributed by atoms with van der Waals surface area (Å²) in [5.74, 6) is -0.183. The average Bonchev–Trinajstić information content (AvgIpc) is 2.72. The Morgan fingerprint density at radius 2 is 2.45 bits per heavy atom. The first-order valence-corrected chi connectivity index (χ1v) is 4.00. The second-order valence-corrected chi connectivity index (χ2v) is 2.57. The molecule has 3 heteroatoms. The highest BCUT2D eigenvalue weighted by Gasteiger charge is 2.18. The van der Waals surface area contributed by atoms with Gasteiger partial charge in [-0.1, -0.05) is 0 Å². The summed E-state index contributed by atoms with van der Waals surface area (Å²) >= 11 is 0. The van der Waals surface area contributed by atoms with Crippen molar-refractivity contribution in [2.24, 2.45) is 4.99 Å². The third-order valence-corrected chi connectivity index (χ3v) is 1.43. The molecule has 0 aromatic heterocycles.